The SMILES string of the molecule is CC(=O)Nc1ccc(NS(C)(=O)=O)c(C(=O)NCC2(C)CCNCC2)c1. The molecule has 1 aromatic carbocycles. The molecule has 0 unspecified atom stereocenters. The Hall–Kier alpha value is -2.13. The lowest BCUT2D eigenvalue weighted by molar-refractivity contribution is -0.114. The number of rotatable bonds is 6. The molecular weight excluding hydrogens is 356 g/mol. The molecule has 9 heteroatoms. The van der Waals surface area contributed by atoms with Crippen LogP contribution in [0.25, 0.3) is 0 Å². The van der Waals surface area contributed by atoms with Crippen LogP contribution in [0.3, 0.4) is 0 Å². The van der Waals surface area contributed by atoms with Gasteiger partial charge in [-0.25, -0.2) is 8.42 Å². The first-order valence-electron chi connectivity index (χ1n) is 8.46. The van der Waals surface area contributed by atoms with Crippen molar-refractivity contribution in [2.24, 2.45) is 5.41 Å². The van der Waals surface area contributed by atoms with Crippen LogP contribution in [0, 0.1) is 5.41 Å². The third kappa shape index (κ3) is 5.99. The minimum atomic E-state index is -3.54. The van der Waals surface area contributed by atoms with Crippen molar-refractivity contribution in [1.29, 1.82) is 0 Å². The molecule has 1 fully saturated rings. The Morgan fingerprint density at radius 1 is 1.23 bits per heavy atom. The van der Waals surface area contributed by atoms with E-state index >= 15 is 0 Å². The second-order valence-electron chi connectivity index (χ2n) is 7.06. The standard InChI is InChI=1S/C17H26N4O4S/c1-12(22)20-13-4-5-15(21-26(3,24)25)14(10-13)16(23)19-11-17(2)6-8-18-9-7-17/h4-5,10,18,21H,6-9,11H2,1-3H3,(H,19,23)(H,20,22). The molecule has 2 amide bonds. The number of hydrogen-bond acceptors (Lipinski definition) is 5. The molecule has 1 saturated heterocycles. The highest BCUT2D eigenvalue weighted by atomic mass is 32.2. The van der Waals surface area contributed by atoms with Gasteiger partial charge in [0.15, 0.2) is 0 Å². The first-order valence-corrected chi connectivity index (χ1v) is 10.4. The van der Waals surface area contributed by atoms with Gasteiger partial charge in [0.1, 0.15) is 0 Å². The Balaban J connectivity index is 2.21. The zero-order valence-corrected chi connectivity index (χ0v) is 16.1. The summed E-state index contributed by atoms with van der Waals surface area (Å²) in [5.41, 5.74) is 0.768. The van der Waals surface area contributed by atoms with Gasteiger partial charge in [-0.05, 0) is 49.5 Å². The molecule has 0 radical (unpaired) electrons. The van der Waals surface area contributed by atoms with Gasteiger partial charge >= 0.3 is 0 Å². The summed E-state index contributed by atoms with van der Waals surface area (Å²) in [5, 5.41) is 8.79. The normalized spacial score (nSPS) is 16.6. The molecule has 26 heavy (non-hydrogen) atoms. The Morgan fingerprint density at radius 2 is 1.88 bits per heavy atom. The highest BCUT2D eigenvalue weighted by molar-refractivity contribution is 7.92. The minimum Gasteiger partial charge on any atom is -0.351 e. The topological polar surface area (TPSA) is 116 Å². The zero-order chi connectivity index (χ0) is 19.4. The van der Waals surface area contributed by atoms with Crippen molar-refractivity contribution in [3.63, 3.8) is 0 Å². The van der Waals surface area contributed by atoms with E-state index in [0.29, 0.717) is 12.2 Å². The van der Waals surface area contributed by atoms with E-state index < -0.39 is 10.0 Å². The molecule has 144 valence electrons. The van der Waals surface area contributed by atoms with E-state index in [-0.39, 0.29) is 28.5 Å². The van der Waals surface area contributed by atoms with Gasteiger partial charge in [0.25, 0.3) is 5.91 Å². The van der Waals surface area contributed by atoms with Crippen LogP contribution < -0.4 is 20.7 Å². The van der Waals surface area contributed by atoms with Crippen LogP contribution in [0.1, 0.15) is 37.0 Å². The van der Waals surface area contributed by atoms with Gasteiger partial charge in [-0.2, -0.15) is 0 Å². The summed E-state index contributed by atoms with van der Waals surface area (Å²) in [6.45, 7) is 5.80. The van der Waals surface area contributed by atoms with E-state index in [1.54, 1.807) is 6.07 Å². The van der Waals surface area contributed by atoms with E-state index in [1.165, 1.54) is 19.1 Å². The molecule has 1 heterocycles. The van der Waals surface area contributed by atoms with Gasteiger partial charge in [0.2, 0.25) is 15.9 Å². The van der Waals surface area contributed by atoms with Gasteiger partial charge in [-0.1, -0.05) is 6.92 Å². The summed E-state index contributed by atoms with van der Waals surface area (Å²) in [6, 6.07) is 4.47. The van der Waals surface area contributed by atoms with E-state index in [0.717, 1.165) is 32.2 Å². The lowest BCUT2D eigenvalue weighted by atomic mass is 9.81. The zero-order valence-electron chi connectivity index (χ0n) is 15.3. The molecule has 0 saturated carbocycles. The van der Waals surface area contributed by atoms with E-state index in [9.17, 15) is 18.0 Å². The molecule has 2 rings (SSSR count). The van der Waals surface area contributed by atoms with Gasteiger partial charge in [0.05, 0.1) is 17.5 Å². The molecule has 0 aromatic heterocycles. The van der Waals surface area contributed by atoms with Crippen LogP contribution >= 0.6 is 0 Å². The number of hydrogen-bond donors (Lipinski definition) is 4. The second-order valence-corrected chi connectivity index (χ2v) is 8.81. The summed E-state index contributed by atoms with van der Waals surface area (Å²) >= 11 is 0. The van der Waals surface area contributed by atoms with Crippen LogP contribution in [-0.4, -0.2) is 46.1 Å². The van der Waals surface area contributed by atoms with Crippen LogP contribution in [-0.2, 0) is 14.8 Å². The van der Waals surface area contributed by atoms with E-state index in [4.69, 9.17) is 0 Å². The lowest BCUT2D eigenvalue weighted by Gasteiger charge is -2.34. The van der Waals surface area contributed by atoms with Gasteiger partial charge in [-0.3, -0.25) is 14.3 Å². The number of anilines is 2. The number of carbonyl (C=O) groups excluding carboxylic acids is 2. The predicted octanol–water partition coefficient (Wildman–Crippen LogP) is 1.14. The first kappa shape index (κ1) is 20.2. The fourth-order valence-electron chi connectivity index (χ4n) is 2.90. The Morgan fingerprint density at radius 3 is 2.46 bits per heavy atom. The molecule has 1 aliphatic rings. The molecule has 4 N–H and O–H groups in total. The average molecular weight is 382 g/mol. The van der Waals surface area contributed by atoms with Crippen LogP contribution in [0.5, 0.6) is 0 Å². The van der Waals surface area contributed by atoms with Crippen molar-refractivity contribution in [1.82, 2.24) is 10.6 Å². The predicted molar refractivity (Wildman–Crippen MR) is 102 cm³/mol. The molecular formula is C17H26N4O4S. The second kappa shape index (κ2) is 8.05. The quantitative estimate of drug-likeness (QED) is 0.589. The smallest absolute Gasteiger partial charge is 0.253 e. The van der Waals surface area contributed by atoms with Crippen molar-refractivity contribution >= 4 is 33.2 Å². The fourth-order valence-corrected chi connectivity index (χ4v) is 3.48. The highest BCUT2D eigenvalue weighted by Gasteiger charge is 2.27. The minimum absolute atomic E-state index is 0.000575. The van der Waals surface area contributed by atoms with E-state index in [1.807, 2.05) is 0 Å². The Bertz CT molecular complexity index is 786. The van der Waals surface area contributed by atoms with Crippen molar-refractivity contribution in [3.8, 4) is 0 Å². The molecule has 0 atom stereocenters. The van der Waals surface area contributed by atoms with Crippen molar-refractivity contribution in [2.75, 3.05) is 35.9 Å². The molecule has 8 nitrogen and oxygen atoms in total. The van der Waals surface area contributed by atoms with Crippen molar-refractivity contribution in [3.05, 3.63) is 23.8 Å². The third-order valence-electron chi connectivity index (χ3n) is 4.37. The maximum Gasteiger partial charge on any atom is 0.253 e. The van der Waals surface area contributed by atoms with Gasteiger partial charge in [0, 0.05) is 19.2 Å². The average Bonchev–Trinajstić information content (AvgIpc) is 2.53. The molecule has 0 spiro atoms. The largest absolute Gasteiger partial charge is 0.351 e. The fraction of sp³-hybridized carbons (Fsp3) is 0.529. The number of carbonyl (C=O) groups is 2. The van der Waals surface area contributed by atoms with Crippen molar-refractivity contribution in [2.45, 2.75) is 26.7 Å². The van der Waals surface area contributed by atoms with Crippen LogP contribution in [0.2, 0.25) is 0 Å². The van der Waals surface area contributed by atoms with Crippen LogP contribution in [0.4, 0.5) is 11.4 Å². The van der Waals surface area contributed by atoms with Crippen LogP contribution in [0.15, 0.2) is 18.2 Å². The number of amides is 2. The lowest BCUT2D eigenvalue weighted by Crippen LogP contribution is -2.43. The maximum absolute atomic E-state index is 12.7. The maximum atomic E-state index is 12.7. The summed E-state index contributed by atoms with van der Waals surface area (Å²) in [5.74, 6) is -0.662. The third-order valence-corrected chi connectivity index (χ3v) is 4.96. The Labute approximate surface area is 154 Å². The number of nitrogens with one attached hydrogen (secondary N) is 4. The number of benzene rings is 1. The van der Waals surface area contributed by atoms with Gasteiger partial charge < -0.3 is 16.0 Å². The Kier molecular flexibility index (Phi) is 6.25. The molecule has 0 bridgehead atoms. The number of sulfonamides is 1. The number of piperidine rings is 1. The van der Waals surface area contributed by atoms with E-state index in [2.05, 4.69) is 27.6 Å². The molecule has 1 aliphatic heterocycles. The van der Waals surface area contributed by atoms with Gasteiger partial charge in [-0.15, -0.1) is 0 Å². The summed E-state index contributed by atoms with van der Waals surface area (Å²) in [7, 11) is -3.54. The monoisotopic (exact) mass is 382 g/mol. The summed E-state index contributed by atoms with van der Waals surface area (Å²) < 4.78 is 25.5. The first-order chi connectivity index (χ1) is 12.1. The highest BCUT2D eigenvalue weighted by Crippen LogP contribution is 2.27. The summed E-state index contributed by atoms with van der Waals surface area (Å²) in [6.07, 6.45) is 2.92. The van der Waals surface area contributed by atoms with Crippen molar-refractivity contribution < 1.29 is 18.0 Å². The molecule has 0 aliphatic carbocycles. The molecule has 1 aromatic rings. The summed E-state index contributed by atoms with van der Waals surface area (Å²) in [4.78, 5) is 24.0.